The molecule has 3 rings (SSSR count). The molecule has 2 N–H and O–H groups in total. The van der Waals surface area contributed by atoms with Crippen molar-refractivity contribution in [2.45, 2.75) is 25.2 Å². The first-order valence-electron chi connectivity index (χ1n) is 5.99. The Kier molecular flexibility index (Phi) is 2.74. The molecule has 1 aromatic carbocycles. The summed E-state index contributed by atoms with van der Waals surface area (Å²) in [7, 11) is 0. The molecular weight excluding hydrogens is 242 g/mol. The minimum absolute atomic E-state index is 0.0735. The van der Waals surface area contributed by atoms with E-state index < -0.39 is 6.29 Å². The fraction of sp³-hybridized carbons (Fsp3) is 0.500. The van der Waals surface area contributed by atoms with Gasteiger partial charge in [0, 0.05) is 24.3 Å². The Labute approximate surface area is 103 Å². The van der Waals surface area contributed by atoms with Gasteiger partial charge in [0.05, 0.1) is 0 Å². The Hall–Kier alpha value is -1.56. The minimum atomic E-state index is -3.55. The largest absolute Gasteiger partial charge is 0.586 e. The van der Waals surface area contributed by atoms with Crippen LogP contribution in [-0.2, 0) is 0 Å². The van der Waals surface area contributed by atoms with E-state index in [9.17, 15) is 8.78 Å². The fourth-order valence-corrected chi connectivity index (χ4v) is 2.23. The third kappa shape index (κ3) is 2.33. The zero-order valence-corrected chi connectivity index (χ0v) is 9.71. The van der Waals surface area contributed by atoms with Crippen LogP contribution in [-0.4, -0.2) is 25.4 Å². The first-order valence-corrected chi connectivity index (χ1v) is 5.99. The highest BCUT2D eigenvalue weighted by Gasteiger charge is 2.43. The average molecular weight is 256 g/mol. The number of hydrogen-bond acceptors (Lipinski definition) is 4. The predicted octanol–water partition coefficient (Wildman–Crippen LogP) is 2.17. The first-order chi connectivity index (χ1) is 8.62. The van der Waals surface area contributed by atoms with E-state index in [1.165, 1.54) is 18.6 Å². The van der Waals surface area contributed by atoms with Crippen molar-refractivity contribution in [2.75, 3.05) is 18.4 Å². The summed E-state index contributed by atoms with van der Waals surface area (Å²) < 4.78 is 34.4. The van der Waals surface area contributed by atoms with Crippen LogP contribution in [0.3, 0.4) is 0 Å². The van der Waals surface area contributed by atoms with E-state index in [1.54, 1.807) is 6.07 Å². The second-order valence-corrected chi connectivity index (χ2v) is 4.50. The van der Waals surface area contributed by atoms with Crippen molar-refractivity contribution in [3.8, 4) is 11.5 Å². The molecule has 1 unspecified atom stereocenters. The molecule has 2 aliphatic heterocycles. The Morgan fingerprint density at radius 1 is 1.33 bits per heavy atom. The summed E-state index contributed by atoms with van der Waals surface area (Å²) in [4.78, 5) is 0. The second-order valence-electron chi connectivity index (χ2n) is 4.50. The van der Waals surface area contributed by atoms with Gasteiger partial charge in [-0.2, -0.15) is 0 Å². The highest BCUT2D eigenvalue weighted by atomic mass is 19.3. The smallest absolute Gasteiger partial charge is 0.395 e. The minimum Gasteiger partial charge on any atom is -0.395 e. The van der Waals surface area contributed by atoms with E-state index >= 15 is 0 Å². The van der Waals surface area contributed by atoms with Crippen LogP contribution < -0.4 is 20.1 Å². The standard InChI is InChI=1S/C12H14F2N2O2/c13-12(14)17-10-4-3-8(6-11(10)18-12)16-7-9-2-1-5-15-9/h3-4,6,9,15-16H,1-2,5,7H2. The molecule has 0 saturated carbocycles. The average Bonchev–Trinajstić information content (AvgIpc) is 2.90. The first kappa shape index (κ1) is 11.5. The van der Waals surface area contributed by atoms with Crippen LogP contribution in [0.4, 0.5) is 14.5 Å². The van der Waals surface area contributed by atoms with Crippen molar-refractivity contribution < 1.29 is 18.3 Å². The molecule has 98 valence electrons. The van der Waals surface area contributed by atoms with Gasteiger partial charge in [0.25, 0.3) is 0 Å². The molecule has 1 saturated heterocycles. The van der Waals surface area contributed by atoms with Crippen LogP contribution >= 0.6 is 0 Å². The fourth-order valence-electron chi connectivity index (χ4n) is 2.23. The maximum atomic E-state index is 12.8. The molecule has 0 radical (unpaired) electrons. The number of benzene rings is 1. The number of nitrogens with one attached hydrogen (secondary N) is 2. The number of alkyl halides is 2. The molecule has 1 aromatic rings. The van der Waals surface area contributed by atoms with Crippen molar-refractivity contribution in [1.82, 2.24) is 5.32 Å². The molecule has 0 aromatic heterocycles. The van der Waals surface area contributed by atoms with Crippen LogP contribution in [0.25, 0.3) is 0 Å². The lowest BCUT2D eigenvalue weighted by atomic mass is 10.2. The molecule has 0 spiro atoms. The summed E-state index contributed by atoms with van der Waals surface area (Å²) in [6, 6.07) is 5.17. The molecule has 0 bridgehead atoms. The third-order valence-electron chi connectivity index (χ3n) is 3.12. The normalized spacial score (nSPS) is 24.2. The molecule has 0 amide bonds. The molecule has 18 heavy (non-hydrogen) atoms. The van der Waals surface area contributed by atoms with Gasteiger partial charge >= 0.3 is 6.29 Å². The van der Waals surface area contributed by atoms with Gasteiger partial charge in [-0.3, -0.25) is 0 Å². The van der Waals surface area contributed by atoms with Crippen molar-refractivity contribution in [3.05, 3.63) is 18.2 Å². The van der Waals surface area contributed by atoms with E-state index in [2.05, 4.69) is 20.1 Å². The number of hydrogen-bond donors (Lipinski definition) is 2. The molecule has 1 atom stereocenters. The lowest BCUT2D eigenvalue weighted by molar-refractivity contribution is -0.286. The van der Waals surface area contributed by atoms with Crippen molar-refractivity contribution >= 4 is 5.69 Å². The van der Waals surface area contributed by atoms with E-state index in [0.29, 0.717) is 6.04 Å². The highest BCUT2D eigenvalue weighted by molar-refractivity contribution is 5.56. The SMILES string of the molecule is FC1(F)Oc2ccc(NCC3CCCN3)cc2O1. The quantitative estimate of drug-likeness (QED) is 0.869. The Morgan fingerprint density at radius 3 is 2.94 bits per heavy atom. The highest BCUT2D eigenvalue weighted by Crippen LogP contribution is 2.42. The van der Waals surface area contributed by atoms with E-state index in [-0.39, 0.29) is 11.5 Å². The third-order valence-corrected chi connectivity index (χ3v) is 3.12. The molecule has 2 aliphatic rings. The van der Waals surface area contributed by atoms with Crippen molar-refractivity contribution in [3.63, 3.8) is 0 Å². The lowest BCUT2D eigenvalue weighted by Gasteiger charge is -2.12. The summed E-state index contributed by atoms with van der Waals surface area (Å²) in [5.41, 5.74) is 0.753. The number of anilines is 1. The summed E-state index contributed by atoms with van der Waals surface area (Å²) in [6.45, 7) is 1.82. The van der Waals surface area contributed by atoms with Gasteiger partial charge in [-0.25, -0.2) is 0 Å². The van der Waals surface area contributed by atoms with Crippen LogP contribution in [0.5, 0.6) is 11.5 Å². The van der Waals surface area contributed by atoms with Crippen LogP contribution in [0.2, 0.25) is 0 Å². The molecule has 1 fully saturated rings. The van der Waals surface area contributed by atoms with Crippen molar-refractivity contribution in [2.24, 2.45) is 0 Å². The molecule has 4 nitrogen and oxygen atoms in total. The number of ether oxygens (including phenoxy) is 2. The number of rotatable bonds is 3. The Bertz CT molecular complexity index is 448. The van der Waals surface area contributed by atoms with Gasteiger partial charge in [0.15, 0.2) is 11.5 Å². The van der Waals surface area contributed by atoms with E-state index in [1.807, 2.05) is 0 Å². The second kappa shape index (κ2) is 4.28. The Morgan fingerprint density at radius 2 is 2.17 bits per heavy atom. The maximum absolute atomic E-state index is 12.8. The van der Waals surface area contributed by atoms with Crippen LogP contribution in [0.15, 0.2) is 18.2 Å². The molecular formula is C12H14F2N2O2. The number of fused-ring (bicyclic) bond motifs is 1. The molecule has 0 aliphatic carbocycles. The molecule has 2 heterocycles. The number of halogens is 2. The van der Waals surface area contributed by atoms with Gasteiger partial charge in [-0.15, -0.1) is 8.78 Å². The predicted molar refractivity (Wildman–Crippen MR) is 62.2 cm³/mol. The zero-order chi connectivity index (χ0) is 12.6. The lowest BCUT2D eigenvalue weighted by Crippen LogP contribution is -2.29. The maximum Gasteiger partial charge on any atom is 0.586 e. The van der Waals surface area contributed by atoms with Crippen molar-refractivity contribution in [1.29, 1.82) is 0 Å². The topological polar surface area (TPSA) is 42.5 Å². The van der Waals surface area contributed by atoms with Gasteiger partial charge in [-0.1, -0.05) is 0 Å². The summed E-state index contributed by atoms with van der Waals surface area (Å²) >= 11 is 0. The monoisotopic (exact) mass is 256 g/mol. The van der Waals surface area contributed by atoms with E-state index in [4.69, 9.17) is 0 Å². The van der Waals surface area contributed by atoms with Crippen LogP contribution in [0, 0.1) is 0 Å². The zero-order valence-electron chi connectivity index (χ0n) is 9.71. The Balaban J connectivity index is 1.64. The summed E-state index contributed by atoms with van der Waals surface area (Å²) in [5, 5.41) is 6.55. The van der Waals surface area contributed by atoms with E-state index in [0.717, 1.165) is 25.2 Å². The van der Waals surface area contributed by atoms with Gasteiger partial charge < -0.3 is 20.1 Å². The van der Waals surface area contributed by atoms with Crippen LogP contribution in [0.1, 0.15) is 12.8 Å². The van der Waals surface area contributed by atoms with Gasteiger partial charge in [0.1, 0.15) is 0 Å². The summed E-state index contributed by atoms with van der Waals surface area (Å²) in [6.07, 6.45) is -1.23. The van der Waals surface area contributed by atoms with Gasteiger partial charge in [-0.05, 0) is 31.5 Å². The summed E-state index contributed by atoms with van der Waals surface area (Å²) in [5.74, 6) is 0.147. The molecule has 6 heteroatoms. The van der Waals surface area contributed by atoms with Gasteiger partial charge in [0.2, 0.25) is 0 Å².